The Morgan fingerprint density at radius 2 is 1.15 bits per heavy atom. The molecule has 0 aliphatic heterocycles. The van der Waals surface area contributed by atoms with E-state index in [0.29, 0.717) is 5.92 Å². The molecule has 0 nitrogen and oxygen atoms in total. The SMILES string of the molecule is Brc1cccc2cccc(-c3ccc(-c4ccc(CC5CCc6ccccc6-c6ccccc65)cc4)cc3)c12. The zero-order valence-corrected chi connectivity index (χ0v) is 23.4. The first kappa shape index (κ1) is 24.1. The van der Waals surface area contributed by atoms with Crippen molar-refractivity contribution >= 4 is 26.7 Å². The Balaban J connectivity index is 1.13. The fourth-order valence-electron chi connectivity index (χ4n) is 6.29. The summed E-state index contributed by atoms with van der Waals surface area (Å²) < 4.78 is 1.13. The van der Waals surface area contributed by atoms with Crippen LogP contribution in [0.3, 0.4) is 0 Å². The van der Waals surface area contributed by atoms with Crippen LogP contribution in [0.2, 0.25) is 0 Å². The molecule has 0 bridgehead atoms. The van der Waals surface area contributed by atoms with Crippen LogP contribution in [0.15, 0.2) is 138 Å². The lowest BCUT2D eigenvalue weighted by atomic mass is 9.86. The fourth-order valence-corrected chi connectivity index (χ4v) is 6.89. The van der Waals surface area contributed by atoms with Crippen LogP contribution in [0, 0.1) is 0 Å². The van der Waals surface area contributed by atoms with Crippen molar-refractivity contribution in [2.24, 2.45) is 0 Å². The fraction of sp³-hybridized carbons (Fsp3) is 0.105. The van der Waals surface area contributed by atoms with Crippen LogP contribution in [0.4, 0.5) is 0 Å². The highest BCUT2D eigenvalue weighted by atomic mass is 79.9. The van der Waals surface area contributed by atoms with Crippen molar-refractivity contribution in [1.82, 2.24) is 0 Å². The van der Waals surface area contributed by atoms with Gasteiger partial charge >= 0.3 is 0 Å². The molecule has 0 saturated heterocycles. The smallest absolute Gasteiger partial charge is 0.0259 e. The van der Waals surface area contributed by atoms with Crippen molar-refractivity contribution in [1.29, 1.82) is 0 Å². The summed E-state index contributed by atoms with van der Waals surface area (Å²) in [5, 5.41) is 2.52. The molecule has 6 aromatic rings. The van der Waals surface area contributed by atoms with Gasteiger partial charge in [0.25, 0.3) is 0 Å². The lowest BCUT2D eigenvalue weighted by molar-refractivity contribution is 0.629. The highest BCUT2D eigenvalue weighted by Crippen LogP contribution is 2.40. The molecule has 1 aliphatic carbocycles. The van der Waals surface area contributed by atoms with Gasteiger partial charge in [0, 0.05) is 9.86 Å². The number of fused-ring (bicyclic) bond motifs is 4. The molecule has 1 heteroatoms. The molecule has 0 radical (unpaired) electrons. The lowest BCUT2D eigenvalue weighted by Gasteiger charge is -2.18. The average Bonchev–Trinajstić information content (AvgIpc) is 3.15. The molecule has 0 heterocycles. The van der Waals surface area contributed by atoms with Crippen LogP contribution in [-0.2, 0) is 12.8 Å². The minimum absolute atomic E-state index is 0.527. The van der Waals surface area contributed by atoms with Gasteiger partial charge in [-0.25, -0.2) is 0 Å². The molecule has 0 spiro atoms. The Kier molecular flexibility index (Phi) is 6.38. The predicted octanol–water partition coefficient (Wildman–Crippen LogP) is 10.9. The quantitative estimate of drug-likeness (QED) is 0.199. The zero-order chi connectivity index (χ0) is 26.2. The van der Waals surface area contributed by atoms with E-state index in [9.17, 15) is 0 Å². The molecular formula is C38H29Br. The summed E-state index contributed by atoms with van der Waals surface area (Å²) in [6, 6.07) is 49.1. The van der Waals surface area contributed by atoms with Gasteiger partial charge in [-0.05, 0) is 86.7 Å². The Morgan fingerprint density at radius 3 is 1.95 bits per heavy atom. The van der Waals surface area contributed by atoms with Crippen molar-refractivity contribution in [3.8, 4) is 33.4 Å². The van der Waals surface area contributed by atoms with E-state index >= 15 is 0 Å². The maximum atomic E-state index is 3.76. The minimum atomic E-state index is 0.527. The first-order chi connectivity index (χ1) is 19.2. The first-order valence-corrected chi connectivity index (χ1v) is 14.6. The largest absolute Gasteiger partial charge is 0.0620 e. The molecule has 6 aromatic carbocycles. The van der Waals surface area contributed by atoms with E-state index in [4.69, 9.17) is 0 Å². The van der Waals surface area contributed by atoms with Crippen LogP contribution in [0.25, 0.3) is 44.2 Å². The molecule has 1 unspecified atom stereocenters. The predicted molar refractivity (Wildman–Crippen MR) is 169 cm³/mol. The Morgan fingerprint density at radius 1 is 0.538 bits per heavy atom. The number of hydrogen-bond donors (Lipinski definition) is 0. The van der Waals surface area contributed by atoms with Gasteiger partial charge in [-0.15, -0.1) is 0 Å². The summed E-state index contributed by atoms with van der Waals surface area (Å²) in [4.78, 5) is 0. The van der Waals surface area contributed by atoms with E-state index in [1.165, 1.54) is 67.3 Å². The molecule has 7 rings (SSSR count). The minimum Gasteiger partial charge on any atom is -0.0620 e. The maximum Gasteiger partial charge on any atom is 0.0259 e. The van der Waals surface area contributed by atoms with E-state index in [2.05, 4.69) is 149 Å². The summed E-state index contributed by atoms with van der Waals surface area (Å²) in [6.45, 7) is 0. The standard InChI is InChI=1S/C38H29Br/c39-37-14-6-9-31-8-5-13-35(38(31)37)30-21-19-28(20-22-30)27-17-15-26(16-18-27)25-32-24-23-29-7-1-2-10-33(29)36-12-4-3-11-34(32)36/h1-22,32H,23-25H2. The number of halogens is 1. The van der Waals surface area contributed by atoms with Crippen molar-refractivity contribution in [2.45, 2.75) is 25.2 Å². The topological polar surface area (TPSA) is 0 Å². The highest BCUT2D eigenvalue weighted by Gasteiger charge is 2.22. The van der Waals surface area contributed by atoms with Crippen LogP contribution in [0.1, 0.15) is 29.0 Å². The summed E-state index contributed by atoms with van der Waals surface area (Å²) in [5.74, 6) is 0.527. The van der Waals surface area contributed by atoms with E-state index in [1.807, 2.05) is 0 Å². The van der Waals surface area contributed by atoms with Crippen LogP contribution in [0.5, 0.6) is 0 Å². The number of aryl methyl sites for hydroxylation is 1. The second-order valence-electron chi connectivity index (χ2n) is 10.6. The monoisotopic (exact) mass is 564 g/mol. The molecule has 0 N–H and O–H groups in total. The molecule has 188 valence electrons. The van der Waals surface area contributed by atoms with Gasteiger partial charge in [-0.1, -0.05) is 143 Å². The van der Waals surface area contributed by atoms with Gasteiger partial charge < -0.3 is 0 Å². The van der Waals surface area contributed by atoms with E-state index < -0.39 is 0 Å². The van der Waals surface area contributed by atoms with Crippen LogP contribution < -0.4 is 0 Å². The highest BCUT2D eigenvalue weighted by molar-refractivity contribution is 9.10. The third-order valence-electron chi connectivity index (χ3n) is 8.29. The average molecular weight is 566 g/mol. The summed E-state index contributed by atoms with van der Waals surface area (Å²) in [7, 11) is 0. The molecular weight excluding hydrogens is 536 g/mol. The Labute approximate surface area is 239 Å². The number of rotatable bonds is 4. The second-order valence-corrected chi connectivity index (χ2v) is 11.5. The van der Waals surface area contributed by atoms with Gasteiger partial charge in [0.1, 0.15) is 0 Å². The third kappa shape index (κ3) is 4.62. The molecule has 0 aromatic heterocycles. The van der Waals surface area contributed by atoms with Crippen molar-refractivity contribution in [3.63, 3.8) is 0 Å². The van der Waals surface area contributed by atoms with Crippen LogP contribution >= 0.6 is 15.9 Å². The van der Waals surface area contributed by atoms with E-state index in [0.717, 1.165) is 17.3 Å². The van der Waals surface area contributed by atoms with Gasteiger partial charge in [-0.3, -0.25) is 0 Å². The molecule has 0 saturated carbocycles. The Hall–Kier alpha value is -3.94. The molecule has 1 atom stereocenters. The second kappa shape index (κ2) is 10.3. The third-order valence-corrected chi connectivity index (χ3v) is 8.95. The number of hydrogen-bond acceptors (Lipinski definition) is 0. The van der Waals surface area contributed by atoms with Crippen molar-refractivity contribution < 1.29 is 0 Å². The molecule has 0 fully saturated rings. The van der Waals surface area contributed by atoms with E-state index in [1.54, 1.807) is 0 Å². The van der Waals surface area contributed by atoms with Crippen LogP contribution in [-0.4, -0.2) is 0 Å². The Bertz CT molecular complexity index is 1770. The summed E-state index contributed by atoms with van der Waals surface area (Å²) in [5.41, 5.74) is 12.2. The number of benzene rings is 6. The summed E-state index contributed by atoms with van der Waals surface area (Å²) in [6.07, 6.45) is 3.38. The maximum absolute atomic E-state index is 3.76. The first-order valence-electron chi connectivity index (χ1n) is 13.8. The van der Waals surface area contributed by atoms with E-state index in [-0.39, 0.29) is 0 Å². The molecule has 0 amide bonds. The van der Waals surface area contributed by atoms with Gasteiger partial charge in [0.2, 0.25) is 0 Å². The summed E-state index contributed by atoms with van der Waals surface area (Å²) >= 11 is 3.76. The van der Waals surface area contributed by atoms with Crippen molar-refractivity contribution in [2.75, 3.05) is 0 Å². The van der Waals surface area contributed by atoms with Gasteiger partial charge in [0.05, 0.1) is 0 Å². The normalized spacial score (nSPS) is 14.4. The molecule has 1 aliphatic rings. The molecule has 39 heavy (non-hydrogen) atoms. The van der Waals surface area contributed by atoms with Crippen molar-refractivity contribution in [3.05, 3.63) is 155 Å². The lowest BCUT2D eigenvalue weighted by Crippen LogP contribution is -2.04. The van der Waals surface area contributed by atoms with Gasteiger partial charge in [0.15, 0.2) is 0 Å². The zero-order valence-electron chi connectivity index (χ0n) is 21.8. The van der Waals surface area contributed by atoms with Gasteiger partial charge in [-0.2, -0.15) is 0 Å².